The molecule has 0 saturated heterocycles. The van der Waals surface area contributed by atoms with E-state index >= 15 is 0 Å². The van der Waals surface area contributed by atoms with Crippen molar-refractivity contribution in [3.05, 3.63) is 66.4 Å². The normalized spacial score (nSPS) is 11.5. The first-order valence-corrected chi connectivity index (χ1v) is 9.55. The molecular formula is C18H12N4OS2. The number of benzene rings is 2. The lowest BCUT2D eigenvalue weighted by Gasteiger charge is -1.96. The summed E-state index contributed by atoms with van der Waals surface area (Å²) in [6, 6.07) is 20.2. The summed E-state index contributed by atoms with van der Waals surface area (Å²) >= 11 is 3.26. The molecule has 0 amide bonds. The second-order valence-corrected chi connectivity index (χ2v) is 7.46. The first-order chi connectivity index (χ1) is 12.4. The first-order valence-electron chi connectivity index (χ1n) is 7.75. The van der Waals surface area contributed by atoms with Gasteiger partial charge in [0.1, 0.15) is 0 Å². The average molecular weight is 364 g/mol. The van der Waals surface area contributed by atoms with Gasteiger partial charge in [-0.05, 0) is 12.1 Å². The summed E-state index contributed by atoms with van der Waals surface area (Å²) in [5.41, 5.74) is 3.06. The van der Waals surface area contributed by atoms with Crippen LogP contribution in [0.3, 0.4) is 0 Å². The van der Waals surface area contributed by atoms with E-state index in [1.54, 1.807) is 23.1 Å². The van der Waals surface area contributed by atoms with Crippen LogP contribution in [0.1, 0.15) is 5.69 Å². The van der Waals surface area contributed by atoms with Crippen molar-refractivity contribution in [3.63, 3.8) is 0 Å². The second kappa shape index (κ2) is 6.02. The van der Waals surface area contributed by atoms with E-state index in [-0.39, 0.29) is 0 Å². The van der Waals surface area contributed by atoms with Crippen LogP contribution in [-0.4, -0.2) is 19.8 Å². The van der Waals surface area contributed by atoms with Crippen LogP contribution >= 0.6 is 23.1 Å². The van der Waals surface area contributed by atoms with Crippen molar-refractivity contribution < 1.29 is 4.52 Å². The fourth-order valence-corrected chi connectivity index (χ4v) is 4.55. The van der Waals surface area contributed by atoms with Crippen molar-refractivity contribution in [2.75, 3.05) is 0 Å². The Morgan fingerprint density at radius 1 is 1.00 bits per heavy atom. The summed E-state index contributed by atoms with van der Waals surface area (Å²) in [6.45, 7) is 0. The zero-order valence-corrected chi connectivity index (χ0v) is 14.6. The lowest BCUT2D eigenvalue weighted by molar-refractivity contribution is 0.426. The van der Waals surface area contributed by atoms with E-state index in [0.717, 1.165) is 32.7 Å². The Balaban J connectivity index is 1.42. The Morgan fingerprint density at radius 3 is 2.76 bits per heavy atom. The van der Waals surface area contributed by atoms with Crippen molar-refractivity contribution in [3.8, 4) is 11.3 Å². The predicted octanol–water partition coefficient (Wildman–Crippen LogP) is 4.89. The highest BCUT2D eigenvalue weighted by atomic mass is 32.2. The number of thiazole rings is 1. The minimum atomic E-state index is 0.682. The third kappa shape index (κ3) is 2.61. The molecule has 3 aromatic heterocycles. The molecule has 0 aliphatic heterocycles. The Labute approximate surface area is 151 Å². The van der Waals surface area contributed by atoms with Crippen LogP contribution in [0.5, 0.6) is 0 Å². The molecule has 25 heavy (non-hydrogen) atoms. The molecule has 5 rings (SSSR count). The third-order valence-corrected chi connectivity index (χ3v) is 5.85. The highest BCUT2D eigenvalue weighted by molar-refractivity contribution is 7.98. The summed E-state index contributed by atoms with van der Waals surface area (Å²) in [4.78, 5) is 0.911. The van der Waals surface area contributed by atoms with E-state index in [4.69, 9.17) is 4.52 Å². The number of thioether (sulfide) groups is 1. The number of aromatic nitrogens is 4. The van der Waals surface area contributed by atoms with Crippen LogP contribution in [0.25, 0.3) is 26.5 Å². The molecule has 5 nitrogen and oxygen atoms in total. The van der Waals surface area contributed by atoms with Gasteiger partial charge >= 0.3 is 0 Å². The Bertz CT molecular complexity index is 1160. The minimum absolute atomic E-state index is 0.682. The molecule has 0 aliphatic rings. The van der Waals surface area contributed by atoms with Gasteiger partial charge in [-0.15, -0.1) is 10.2 Å². The van der Waals surface area contributed by atoms with Crippen molar-refractivity contribution in [1.82, 2.24) is 19.8 Å². The molecule has 0 aliphatic carbocycles. The van der Waals surface area contributed by atoms with Crippen LogP contribution in [0, 0.1) is 0 Å². The Kier molecular flexibility index (Phi) is 3.53. The quantitative estimate of drug-likeness (QED) is 0.425. The van der Waals surface area contributed by atoms with Crippen molar-refractivity contribution in [2.45, 2.75) is 10.9 Å². The molecule has 0 bridgehead atoms. The largest absolute Gasteiger partial charge is 0.356 e. The lowest BCUT2D eigenvalue weighted by Crippen LogP contribution is -1.87. The smallest absolute Gasteiger partial charge is 0.217 e. The van der Waals surface area contributed by atoms with Gasteiger partial charge in [-0.3, -0.25) is 4.40 Å². The number of para-hydroxylation sites is 1. The number of hydrogen-bond acceptors (Lipinski definition) is 6. The minimum Gasteiger partial charge on any atom is -0.356 e. The summed E-state index contributed by atoms with van der Waals surface area (Å²) < 4.78 is 8.77. The van der Waals surface area contributed by atoms with Crippen LogP contribution in [0.2, 0.25) is 0 Å². The van der Waals surface area contributed by atoms with Crippen LogP contribution in [0.15, 0.2) is 70.3 Å². The van der Waals surface area contributed by atoms with Gasteiger partial charge in [0.05, 0.1) is 15.9 Å². The van der Waals surface area contributed by atoms with Crippen LogP contribution in [0.4, 0.5) is 0 Å². The van der Waals surface area contributed by atoms with Gasteiger partial charge in [0.15, 0.2) is 10.9 Å². The summed E-state index contributed by atoms with van der Waals surface area (Å²) in [6.07, 6.45) is 0. The van der Waals surface area contributed by atoms with Crippen molar-refractivity contribution in [2.24, 2.45) is 0 Å². The molecule has 0 atom stereocenters. The number of fused-ring (bicyclic) bond motifs is 3. The van der Waals surface area contributed by atoms with E-state index in [2.05, 4.69) is 31.9 Å². The Morgan fingerprint density at radius 2 is 1.84 bits per heavy atom. The molecular weight excluding hydrogens is 352 g/mol. The van der Waals surface area contributed by atoms with Crippen LogP contribution < -0.4 is 0 Å². The summed E-state index contributed by atoms with van der Waals surface area (Å²) in [5, 5.41) is 13.6. The molecule has 0 unspecified atom stereocenters. The molecule has 122 valence electrons. The predicted molar refractivity (Wildman–Crippen MR) is 99.9 cm³/mol. The van der Waals surface area contributed by atoms with Gasteiger partial charge in [0.25, 0.3) is 0 Å². The van der Waals surface area contributed by atoms with Gasteiger partial charge in [-0.2, -0.15) is 0 Å². The highest BCUT2D eigenvalue weighted by Crippen LogP contribution is 2.31. The topological polar surface area (TPSA) is 56.2 Å². The van der Waals surface area contributed by atoms with E-state index in [9.17, 15) is 0 Å². The molecule has 0 N–H and O–H groups in total. The zero-order valence-electron chi connectivity index (χ0n) is 13.0. The van der Waals surface area contributed by atoms with Gasteiger partial charge in [0.2, 0.25) is 4.96 Å². The molecule has 0 radical (unpaired) electrons. The Hall–Kier alpha value is -2.64. The fourth-order valence-electron chi connectivity index (χ4n) is 2.71. The molecule has 5 aromatic rings. The van der Waals surface area contributed by atoms with E-state index in [1.807, 2.05) is 48.5 Å². The monoisotopic (exact) mass is 364 g/mol. The number of rotatable bonds is 4. The molecule has 2 aromatic carbocycles. The summed E-state index contributed by atoms with van der Waals surface area (Å²) in [5.74, 6) is 1.46. The average Bonchev–Trinajstić information content (AvgIpc) is 3.36. The highest BCUT2D eigenvalue weighted by Gasteiger charge is 2.14. The molecule has 0 saturated carbocycles. The lowest BCUT2D eigenvalue weighted by atomic mass is 10.2. The number of nitrogens with zero attached hydrogens (tertiary/aromatic N) is 4. The van der Waals surface area contributed by atoms with Gasteiger partial charge in [-0.1, -0.05) is 70.7 Å². The van der Waals surface area contributed by atoms with Crippen LogP contribution in [-0.2, 0) is 5.75 Å². The van der Waals surface area contributed by atoms with Gasteiger partial charge < -0.3 is 4.52 Å². The molecule has 0 fully saturated rings. The van der Waals surface area contributed by atoms with E-state index in [0.29, 0.717) is 5.75 Å². The standard InChI is InChI=1S/C18H12N4OS2/c1-2-6-12(7-3-1)15-10-13(21-23-15)11-24-17-19-20-18-22(17)14-8-4-5-9-16(14)25-18/h1-10H,11H2. The maximum atomic E-state index is 5.46. The zero-order chi connectivity index (χ0) is 16.6. The second-order valence-electron chi connectivity index (χ2n) is 5.51. The van der Waals surface area contributed by atoms with Gasteiger partial charge in [0, 0.05) is 17.4 Å². The molecule has 0 spiro atoms. The maximum absolute atomic E-state index is 5.46. The van der Waals surface area contributed by atoms with Crippen molar-refractivity contribution >= 4 is 38.3 Å². The molecule has 7 heteroatoms. The first kappa shape index (κ1) is 14.7. The van der Waals surface area contributed by atoms with Crippen molar-refractivity contribution in [1.29, 1.82) is 0 Å². The van der Waals surface area contributed by atoms with Gasteiger partial charge in [-0.25, -0.2) is 0 Å². The number of hydrogen-bond donors (Lipinski definition) is 0. The third-order valence-electron chi connectivity index (χ3n) is 3.88. The fraction of sp³-hybridized carbons (Fsp3) is 0.0556. The molecule has 3 heterocycles. The van der Waals surface area contributed by atoms with E-state index < -0.39 is 0 Å². The SMILES string of the molecule is c1ccc(-c2cc(CSc3nnc4sc5ccccc5n34)no2)cc1. The van der Waals surface area contributed by atoms with E-state index in [1.165, 1.54) is 4.70 Å². The summed E-state index contributed by atoms with van der Waals surface area (Å²) in [7, 11) is 0. The maximum Gasteiger partial charge on any atom is 0.217 e.